The van der Waals surface area contributed by atoms with Gasteiger partial charge in [0.25, 0.3) is 0 Å². The van der Waals surface area contributed by atoms with Gasteiger partial charge in [-0.05, 0) is 31.5 Å². The molecule has 0 atom stereocenters. The standard InChI is InChI=1S/C15H20ClN3O2/c1-10-14(16)12(19(2)18-10)9-21-15-11(7-8-17)5-4-6-13(15)20-3/h4-6H,7-9,17H2,1-3H3. The van der Waals surface area contributed by atoms with Crippen LogP contribution in [-0.2, 0) is 20.1 Å². The van der Waals surface area contributed by atoms with Gasteiger partial charge in [-0.25, -0.2) is 0 Å². The summed E-state index contributed by atoms with van der Waals surface area (Å²) in [6.07, 6.45) is 0.727. The Morgan fingerprint density at radius 2 is 2.14 bits per heavy atom. The smallest absolute Gasteiger partial charge is 0.164 e. The molecule has 21 heavy (non-hydrogen) atoms. The van der Waals surface area contributed by atoms with E-state index in [0.717, 1.165) is 23.4 Å². The average molecular weight is 310 g/mol. The van der Waals surface area contributed by atoms with E-state index in [1.165, 1.54) is 0 Å². The van der Waals surface area contributed by atoms with Crippen molar-refractivity contribution in [2.45, 2.75) is 20.0 Å². The molecule has 1 aromatic carbocycles. The lowest BCUT2D eigenvalue weighted by Gasteiger charge is -2.15. The molecule has 0 bridgehead atoms. The van der Waals surface area contributed by atoms with E-state index in [1.54, 1.807) is 11.8 Å². The van der Waals surface area contributed by atoms with Crippen molar-refractivity contribution in [2.75, 3.05) is 13.7 Å². The molecule has 2 rings (SSSR count). The summed E-state index contributed by atoms with van der Waals surface area (Å²) in [5.74, 6) is 1.40. The predicted molar refractivity (Wildman–Crippen MR) is 83.0 cm³/mol. The maximum absolute atomic E-state index is 6.24. The van der Waals surface area contributed by atoms with Crippen LogP contribution in [0.5, 0.6) is 11.5 Å². The second-order valence-corrected chi connectivity index (χ2v) is 5.12. The van der Waals surface area contributed by atoms with Crippen LogP contribution in [0.2, 0.25) is 5.02 Å². The number of aryl methyl sites for hydroxylation is 2. The third-order valence-electron chi connectivity index (χ3n) is 3.31. The average Bonchev–Trinajstić information content (AvgIpc) is 2.71. The quantitative estimate of drug-likeness (QED) is 0.890. The molecule has 1 heterocycles. The summed E-state index contributed by atoms with van der Waals surface area (Å²) in [6, 6.07) is 5.78. The molecule has 0 saturated carbocycles. The number of benzene rings is 1. The number of methoxy groups -OCH3 is 1. The molecule has 0 amide bonds. The van der Waals surface area contributed by atoms with E-state index in [4.69, 9.17) is 26.8 Å². The number of hydrogen-bond donors (Lipinski definition) is 1. The lowest BCUT2D eigenvalue weighted by molar-refractivity contribution is 0.273. The normalized spacial score (nSPS) is 10.7. The molecule has 2 aromatic rings. The Morgan fingerprint density at radius 3 is 2.71 bits per heavy atom. The molecular weight excluding hydrogens is 290 g/mol. The third-order valence-corrected chi connectivity index (χ3v) is 3.80. The number of rotatable bonds is 6. The zero-order chi connectivity index (χ0) is 15.4. The summed E-state index contributed by atoms with van der Waals surface area (Å²) >= 11 is 6.24. The summed E-state index contributed by atoms with van der Waals surface area (Å²) in [7, 11) is 3.47. The number of halogens is 1. The maximum Gasteiger partial charge on any atom is 0.164 e. The van der Waals surface area contributed by atoms with Crippen LogP contribution < -0.4 is 15.2 Å². The van der Waals surface area contributed by atoms with E-state index >= 15 is 0 Å². The lowest BCUT2D eigenvalue weighted by Crippen LogP contribution is -2.08. The molecule has 0 aliphatic heterocycles. The first kappa shape index (κ1) is 15.7. The first-order valence-corrected chi connectivity index (χ1v) is 7.13. The van der Waals surface area contributed by atoms with Crippen LogP contribution in [0.15, 0.2) is 18.2 Å². The van der Waals surface area contributed by atoms with Crippen molar-refractivity contribution in [1.82, 2.24) is 9.78 Å². The number of aromatic nitrogens is 2. The molecule has 5 nitrogen and oxygen atoms in total. The lowest BCUT2D eigenvalue weighted by atomic mass is 10.1. The maximum atomic E-state index is 6.24. The van der Waals surface area contributed by atoms with Crippen LogP contribution in [0.3, 0.4) is 0 Å². The van der Waals surface area contributed by atoms with Gasteiger partial charge in [-0.15, -0.1) is 0 Å². The van der Waals surface area contributed by atoms with Crippen molar-refractivity contribution in [1.29, 1.82) is 0 Å². The van der Waals surface area contributed by atoms with Gasteiger partial charge < -0.3 is 15.2 Å². The van der Waals surface area contributed by atoms with Crippen molar-refractivity contribution >= 4 is 11.6 Å². The van der Waals surface area contributed by atoms with E-state index in [0.29, 0.717) is 29.7 Å². The van der Waals surface area contributed by atoms with Gasteiger partial charge in [0.05, 0.1) is 23.5 Å². The van der Waals surface area contributed by atoms with Crippen molar-refractivity contribution in [3.8, 4) is 11.5 Å². The van der Waals surface area contributed by atoms with Crippen molar-refractivity contribution in [2.24, 2.45) is 12.8 Å². The number of nitrogens with two attached hydrogens (primary N) is 1. The fourth-order valence-electron chi connectivity index (χ4n) is 2.22. The topological polar surface area (TPSA) is 62.3 Å². The highest BCUT2D eigenvalue weighted by molar-refractivity contribution is 6.31. The molecule has 0 radical (unpaired) electrons. The molecule has 2 N–H and O–H groups in total. The van der Waals surface area contributed by atoms with Gasteiger partial charge >= 0.3 is 0 Å². The molecule has 114 valence electrons. The Morgan fingerprint density at radius 1 is 1.38 bits per heavy atom. The predicted octanol–water partition coefficient (Wildman–Crippen LogP) is 2.47. The van der Waals surface area contributed by atoms with Crippen molar-refractivity contribution in [3.05, 3.63) is 40.2 Å². The zero-order valence-corrected chi connectivity index (χ0v) is 13.3. The Labute approximate surface area is 129 Å². The van der Waals surface area contributed by atoms with Gasteiger partial charge in [0, 0.05) is 7.05 Å². The summed E-state index contributed by atoms with van der Waals surface area (Å²) in [4.78, 5) is 0. The van der Waals surface area contributed by atoms with E-state index in [9.17, 15) is 0 Å². The number of nitrogens with zero attached hydrogens (tertiary/aromatic N) is 2. The first-order chi connectivity index (χ1) is 10.1. The molecule has 0 fully saturated rings. The monoisotopic (exact) mass is 309 g/mol. The summed E-state index contributed by atoms with van der Waals surface area (Å²) in [6.45, 7) is 2.75. The second-order valence-electron chi connectivity index (χ2n) is 4.75. The highest BCUT2D eigenvalue weighted by Gasteiger charge is 2.15. The second kappa shape index (κ2) is 6.83. The Kier molecular flexibility index (Phi) is 5.09. The van der Waals surface area contributed by atoms with Crippen LogP contribution in [0, 0.1) is 6.92 Å². The molecular formula is C15H20ClN3O2. The molecule has 0 spiro atoms. The van der Waals surface area contributed by atoms with Gasteiger partial charge in [0.1, 0.15) is 6.61 Å². The third kappa shape index (κ3) is 3.31. The van der Waals surface area contributed by atoms with Gasteiger partial charge in [-0.2, -0.15) is 5.10 Å². The van der Waals surface area contributed by atoms with Gasteiger partial charge in [-0.1, -0.05) is 23.7 Å². The van der Waals surface area contributed by atoms with Gasteiger partial charge in [0.2, 0.25) is 0 Å². The van der Waals surface area contributed by atoms with Crippen molar-refractivity contribution < 1.29 is 9.47 Å². The fourth-order valence-corrected chi connectivity index (χ4v) is 2.43. The minimum Gasteiger partial charge on any atom is -0.493 e. The van der Waals surface area contributed by atoms with Crippen LogP contribution in [0.4, 0.5) is 0 Å². The van der Waals surface area contributed by atoms with E-state index < -0.39 is 0 Å². The van der Waals surface area contributed by atoms with Crippen LogP contribution >= 0.6 is 11.6 Å². The molecule has 0 saturated heterocycles. The van der Waals surface area contributed by atoms with Crippen LogP contribution in [-0.4, -0.2) is 23.4 Å². The Hall–Kier alpha value is -1.72. The molecule has 6 heteroatoms. The minimum atomic E-state index is 0.327. The summed E-state index contributed by atoms with van der Waals surface area (Å²) in [5, 5.41) is 4.91. The van der Waals surface area contributed by atoms with Crippen molar-refractivity contribution in [3.63, 3.8) is 0 Å². The number of ether oxygens (including phenoxy) is 2. The fraction of sp³-hybridized carbons (Fsp3) is 0.400. The van der Waals surface area contributed by atoms with Crippen LogP contribution in [0.25, 0.3) is 0 Å². The molecule has 0 aliphatic rings. The zero-order valence-electron chi connectivity index (χ0n) is 12.5. The van der Waals surface area contributed by atoms with Gasteiger partial charge in [0.15, 0.2) is 11.5 Å². The summed E-state index contributed by atoms with van der Waals surface area (Å²) in [5.41, 5.74) is 8.29. The first-order valence-electron chi connectivity index (χ1n) is 6.75. The summed E-state index contributed by atoms with van der Waals surface area (Å²) < 4.78 is 13.0. The largest absolute Gasteiger partial charge is 0.493 e. The number of para-hydroxylation sites is 1. The highest BCUT2D eigenvalue weighted by Crippen LogP contribution is 2.32. The SMILES string of the molecule is COc1cccc(CCN)c1OCc1c(Cl)c(C)nn1C. The van der Waals surface area contributed by atoms with E-state index in [1.807, 2.05) is 32.2 Å². The van der Waals surface area contributed by atoms with E-state index in [2.05, 4.69) is 5.10 Å². The number of hydrogen-bond acceptors (Lipinski definition) is 4. The molecule has 0 aliphatic carbocycles. The Balaban J connectivity index is 2.26. The Bertz CT molecular complexity index is 626. The molecule has 0 unspecified atom stereocenters. The van der Waals surface area contributed by atoms with Crippen LogP contribution in [0.1, 0.15) is 17.0 Å². The molecule has 1 aromatic heterocycles. The highest BCUT2D eigenvalue weighted by atomic mass is 35.5. The van der Waals surface area contributed by atoms with E-state index in [-0.39, 0.29) is 0 Å². The van der Waals surface area contributed by atoms with Gasteiger partial charge in [-0.3, -0.25) is 4.68 Å². The minimum absolute atomic E-state index is 0.327.